The van der Waals surface area contributed by atoms with E-state index < -0.39 is 0 Å². The molecule has 0 unspecified atom stereocenters. The van der Waals surface area contributed by atoms with E-state index in [-0.39, 0.29) is 5.78 Å². The summed E-state index contributed by atoms with van der Waals surface area (Å²) in [6, 6.07) is 5.62. The maximum Gasteiger partial charge on any atom is 0.163 e. The minimum atomic E-state index is 0.248. The van der Waals surface area contributed by atoms with Crippen LogP contribution >= 0.6 is 0 Å². The van der Waals surface area contributed by atoms with Crippen LogP contribution in [0.3, 0.4) is 0 Å². The van der Waals surface area contributed by atoms with E-state index in [0.717, 1.165) is 23.5 Å². The van der Waals surface area contributed by atoms with Crippen LogP contribution in [0.1, 0.15) is 61.7 Å². The zero-order valence-corrected chi connectivity index (χ0v) is 12.6. The van der Waals surface area contributed by atoms with Gasteiger partial charge in [0.25, 0.3) is 0 Å². The molecule has 1 aromatic rings. The van der Waals surface area contributed by atoms with Gasteiger partial charge >= 0.3 is 0 Å². The number of hydrogen-bond donors (Lipinski definition) is 0. The highest BCUT2D eigenvalue weighted by atomic mass is 16.5. The van der Waals surface area contributed by atoms with E-state index >= 15 is 0 Å². The Labute approximate surface area is 126 Å². The molecule has 3 heteroatoms. The number of carbonyl (C=O) groups is 1. The van der Waals surface area contributed by atoms with Crippen LogP contribution in [0.4, 0.5) is 0 Å². The van der Waals surface area contributed by atoms with E-state index in [1.165, 1.54) is 38.5 Å². The quantitative estimate of drug-likeness (QED) is 0.611. The first-order valence-corrected chi connectivity index (χ1v) is 8.26. The second-order valence-electron chi connectivity index (χ2n) is 6.20. The summed E-state index contributed by atoms with van der Waals surface area (Å²) in [5, 5.41) is 0. The molecule has 3 rings (SSSR count). The topological polar surface area (TPSA) is 35.5 Å². The van der Waals surface area contributed by atoms with Crippen LogP contribution in [-0.4, -0.2) is 19.0 Å². The molecule has 0 aromatic heterocycles. The molecule has 0 saturated heterocycles. The van der Waals surface area contributed by atoms with Gasteiger partial charge in [0.1, 0.15) is 0 Å². The fourth-order valence-corrected chi connectivity index (χ4v) is 3.28. The maximum atomic E-state index is 12.5. The number of Topliss-reactive ketones (excluding diaryl/α,β-unsaturated/α-hetero) is 1. The van der Waals surface area contributed by atoms with Crippen molar-refractivity contribution in [3.63, 3.8) is 0 Å². The Morgan fingerprint density at radius 2 is 1.67 bits per heavy atom. The zero-order valence-electron chi connectivity index (χ0n) is 12.6. The Balaban J connectivity index is 1.68. The molecule has 2 aliphatic rings. The van der Waals surface area contributed by atoms with Gasteiger partial charge in [-0.15, -0.1) is 0 Å². The van der Waals surface area contributed by atoms with Gasteiger partial charge < -0.3 is 9.47 Å². The van der Waals surface area contributed by atoms with E-state index in [4.69, 9.17) is 9.47 Å². The van der Waals surface area contributed by atoms with Crippen LogP contribution in [0.25, 0.3) is 0 Å². The van der Waals surface area contributed by atoms with Gasteiger partial charge in [-0.3, -0.25) is 4.79 Å². The number of hydrogen-bond acceptors (Lipinski definition) is 3. The molecule has 1 aliphatic carbocycles. The van der Waals surface area contributed by atoms with Crippen molar-refractivity contribution in [2.45, 2.75) is 51.4 Å². The molecule has 1 saturated carbocycles. The minimum absolute atomic E-state index is 0.248. The molecule has 3 nitrogen and oxygen atoms in total. The first-order chi connectivity index (χ1) is 10.3. The number of benzene rings is 1. The Hall–Kier alpha value is -1.51. The standard InChI is InChI=1S/C18H24O3/c19-16(12-14-6-3-1-2-4-7-14)15-8-9-17-18(13-15)21-11-5-10-20-17/h8-9,13-14H,1-7,10-12H2. The number of carbonyl (C=O) groups excluding carboxylic acids is 1. The van der Waals surface area contributed by atoms with Crippen LogP contribution in [0.2, 0.25) is 0 Å². The number of ether oxygens (including phenoxy) is 2. The summed E-state index contributed by atoms with van der Waals surface area (Å²) in [6.07, 6.45) is 9.19. The molecule has 0 amide bonds. The van der Waals surface area contributed by atoms with Gasteiger partial charge in [-0.2, -0.15) is 0 Å². The number of ketones is 1. The third-order valence-electron chi connectivity index (χ3n) is 4.52. The molecule has 21 heavy (non-hydrogen) atoms. The largest absolute Gasteiger partial charge is 0.490 e. The Morgan fingerprint density at radius 1 is 0.952 bits per heavy atom. The average Bonchev–Trinajstić information content (AvgIpc) is 2.88. The molecule has 1 aliphatic heterocycles. The Kier molecular flexibility index (Phi) is 4.79. The van der Waals surface area contributed by atoms with E-state index in [1.54, 1.807) is 0 Å². The van der Waals surface area contributed by atoms with Gasteiger partial charge in [0.2, 0.25) is 0 Å². The van der Waals surface area contributed by atoms with Gasteiger partial charge in [-0.05, 0) is 24.1 Å². The summed E-state index contributed by atoms with van der Waals surface area (Å²) in [5.74, 6) is 2.30. The molecule has 0 N–H and O–H groups in total. The number of rotatable bonds is 3. The highest BCUT2D eigenvalue weighted by Gasteiger charge is 2.19. The molecule has 0 spiro atoms. The predicted molar refractivity (Wildman–Crippen MR) is 82.2 cm³/mol. The van der Waals surface area contributed by atoms with Crippen molar-refractivity contribution in [1.82, 2.24) is 0 Å². The van der Waals surface area contributed by atoms with Gasteiger partial charge in [0.15, 0.2) is 17.3 Å². The number of fused-ring (bicyclic) bond motifs is 1. The van der Waals surface area contributed by atoms with Crippen molar-refractivity contribution in [1.29, 1.82) is 0 Å². The van der Waals surface area contributed by atoms with Crippen molar-refractivity contribution < 1.29 is 14.3 Å². The van der Waals surface area contributed by atoms with Crippen molar-refractivity contribution in [2.24, 2.45) is 5.92 Å². The van der Waals surface area contributed by atoms with Crippen molar-refractivity contribution in [3.8, 4) is 11.5 Å². The van der Waals surface area contributed by atoms with Crippen LogP contribution in [0.15, 0.2) is 18.2 Å². The van der Waals surface area contributed by atoms with Crippen LogP contribution in [0.5, 0.6) is 11.5 Å². The maximum absolute atomic E-state index is 12.5. The lowest BCUT2D eigenvalue weighted by atomic mass is 9.92. The summed E-state index contributed by atoms with van der Waals surface area (Å²) >= 11 is 0. The highest BCUT2D eigenvalue weighted by Crippen LogP contribution is 2.32. The van der Waals surface area contributed by atoms with E-state index in [2.05, 4.69) is 0 Å². The fourth-order valence-electron chi connectivity index (χ4n) is 3.28. The van der Waals surface area contributed by atoms with E-state index in [1.807, 2.05) is 18.2 Å². The van der Waals surface area contributed by atoms with Crippen molar-refractivity contribution in [2.75, 3.05) is 13.2 Å². The van der Waals surface area contributed by atoms with E-state index in [0.29, 0.717) is 25.6 Å². The zero-order chi connectivity index (χ0) is 14.5. The molecule has 0 atom stereocenters. The Morgan fingerprint density at radius 3 is 2.43 bits per heavy atom. The summed E-state index contributed by atoms with van der Waals surface area (Å²) < 4.78 is 11.3. The monoisotopic (exact) mass is 288 g/mol. The fraction of sp³-hybridized carbons (Fsp3) is 0.611. The molecule has 1 aromatic carbocycles. The van der Waals surface area contributed by atoms with Crippen molar-refractivity contribution in [3.05, 3.63) is 23.8 Å². The Bertz CT molecular complexity index is 487. The molecule has 0 radical (unpaired) electrons. The molecule has 1 fully saturated rings. The normalized spacial score (nSPS) is 19.6. The molecular formula is C18H24O3. The smallest absolute Gasteiger partial charge is 0.163 e. The lowest BCUT2D eigenvalue weighted by molar-refractivity contribution is 0.0956. The third-order valence-corrected chi connectivity index (χ3v) is 4.52. The van der Waals surface area contributed by atoms with Gasteiger partial charge in [-0.25, -0.2) is 0 Å². The van der Waals surface area contributed by atoms with Gasteiger partial charge in [0, 0.05) is 18.4 Å². The second kappa shape index (κ2) is 6.97. The molecule has 114 valence electrons. The second-order valence-corrected chi connectivity index (χ2v) is 6.20. The van der Waals surface area contributed by atoms with Crippen molar-refractivity contribution >= 4 is 5.78 Å². The SMILES string of the molecule is O=C(CC1CCCCCC1)c1ccc2c(c1)OCCCO2. The highest BCUT2D eigenvalue weighted by molar-refractivity contribution is 5.96. The molecule has 0 bridgehead atoms. The van der Waals surface area contributed by atoms with Gasteiger partial charge in [-0.1, -0.05) is 38.5 Å². The summed E-state index contributed by atoms with van der Waals surface area (Å²) in [5.41, 5.74) is 0.767. The van der Waals surface area contributed by atoms with Crippen LogP contribution in [0, 0.1) is 5.92 Å². The average molecular weight is 288 g/mol. The van der Waals surface area contributed by atoms with Crippen LogP contribution in [-0.2, 0) is 0 Å². The summed E-state index contributed by atoms with van der Waals surface area (Å²) in [6.45, 7) is 1.34. The lowest BCUT2D eigenvalue weighted by Gasteiger charge is -2.14. The van der Waals surface area contributed by atoms with Crippen LogP contribution < -0.4 is 9.47 Å². The predicted octanol–water partition coefficient (Wildman–Crippen LogP) is 4.39. The van der Waals surface area contributed by atoms with Gasteiger partial charge in [0.05, 0.1) is 13.2 Å². The molecular weight excluding hydrogens is 264 g/mol. The first kappa shape index (κ1) is 14.4. The first-order valence-electron chi connectivity index (χ1n) is 8.26. The third kappa shape index (κ3) is 3.78. The summed E-state index contributed by atoms with van der Waals surface area (Å²) in [4.78, 5) is 12.5. The van der Waals surface area contributed by atoms with E-state index in [9.17, 15) is 4.79 Å². The molecule has 1 heterocycles. The minimum Gasteiger partial charge on any atom is -0.490 e. The summed E-state index contributed by atoms with van der Waals surface area (Å²) in [7, 11) is 0. The lowest BCUT2D eigenvalue weighted by Crippen LogP contribution is -2.08.